The second-order valence-electron chi connectivity index (χ2n) is 5.74. The third-order valence-corrected chi connectivity index (χ3v) is 5.32. The maximum atomic E-state index is 12.4. The van der Waals surface area contributed by atoms with Crippen molar-refractivity contribution in [3.63, 3.8) is 0 Å². The van der Waals surface area contributed by atoms with Crippen molar-refractivity contribution >= 4 is 21.9 Å². The summed E-state index contributed by atoms with van der Waals surface area (Å²) in [6.45, 7) is 6.88. The van der Waals surface area contributed by atoms with Crippen LogP contribution in [-0.2, 0) is 19.6 Å². The smallest absolute Gasteiger partial charge is 0.326 e. The van der Waals surface area contributed by atoms with Crippen LogP contribution >= 0.6 is 0 Å². The SMILES string of the molecule is CCC(NC(=O)CCNS(=O)(=O)c1c(C)cc(C)cc1C)C(=O)O. The molecule has 8 heteroatoms. The number of aliphatic carboxylic acids is 1. The minimum atomic E-state index is -3.73. The van der Waals surface area contributed by atoms with E-state index in [1.807, 2.05) is 6.92 Å². The first kappa shape index (κ1) is 20.1. The van der Waals surface area contributed by atoms with E-state index in [2.05, 4.69) is 10.0 Å². The lowest BCUT2D eigenvalue weighted by Crippen LogP contribution is -2.41. The van der Waals surface area contributed by atoms with Gasteiger partial charge >= 0.3 is 5.97 Å². The number of carboxylic acid groups (broad SMARTS) is 1. The predicted molar refractivity (Wildman–Crippen MR) is 90.3 cm³/mol. The van der Waals surface area contributed by atoms with Crippen LogP contribution in [0.5, 0.6) is 0 Å². The minimum absolute atomic E-state index is 0.100. The van der Waals surface area contributed by atoms with Gasteiger partial charge in [0, 0.05) is 13.0 Å². The summed E-state index contributed by atoms with van der Waals surface area (Å²) in [6.07, 6.45) is 0.127. The van der Waals surface area contributed by atoms with Crippen LogP contribution in [0.1, 0.15) is 36.5 Å². The number of carbonyl (C=O) groups is 2. The van der Waals surface area contributed by atoms with Gasteiger partial charge < -0.3 is 10.4 Å². The van der Waals surface area contributed by atoms with E-state index in [0.717, 1.165) is 5.56 Å². The summed E-state index contributed by atoms with van der Waals surface area (Å²) < 4.78 is 27.2. The van der Waals surface area contributed by atoms with Crippen LogP contribution in [0, 0.1) is 20.8 Å². The number of aryl methyl sites for hydroxylation is 3. The second-order valence-corrected chi connectivity index (χ2v) is 7.45. The molecule has 1 aromatic rings. The number of benzene rings is 1. The fourth-order valence-electron chi connectivity index (χ4n) is 2.57. The average Bonchev–Trinajstić information content (AvgIpc) is 2.42. The Hall–Kier alpha value is -1.93. The summed E-state index contributed by atoms with van der Waals surface area (Å²) in [5.41, 5.74) is 2.25. The Morgan fingerprint density at radius 2 is 1.71 bits per heavy atom. The Kier molecular flexibility index (Phi) is 6.92. The Morgan fingerprint density at radius 3 is 2.17 bits per heavy atom. The van der Waals surface area contributed by atoms with Crippen LogP contribution in [0.15, 0.2) is 17.0 Å². The van der Waals surface area contributed by atoms with Crippen molar-refractivity contribution in [3.05, 3.63) is 28.8 Å². The van der Waals surface area contributed by atoms with Crippen molar-refractivity contribution in [1.82, 2.24) is 10.0 Å². The van der Waals surface area contributed by atoms with Crippen LogP contribution in [0.4, 0.5) is 0 Å². The van der Waals surface area contributed by atoms with E-state index in [4.69, 9.17) is 5.11 Å². The lowest BCUT2D eigenvalue weighted by molar-refractivity contribution is -0.141. The second kappa shape index (κ2) is 8.25. The quantitative estimate of drug-likeness (QED) is 0.649. The number of hydrogen-bond donors (Lipinski definition) is 3. The molecule has 0 bridgehead atoms. The number of hydrogen-bond acceptors (Lipinski definition) is 4. The summed E-state index contributed by atoms with van der Waals surface area (Å²) in [4.78, 5) is 22.8. The third kappa shape index (κ3) is 5.31. The van der Waals surface area contributed by atoms with Gasteiger partial charge in [0.25, 0.3) is 0 Å². The van der Waals surface area contributed by atoms with Crippen molar-refractivity contribution in [1.29, 1.82) is 0 Å². The fourth-order valence-corrected chi connectivity index (χ4v) is 4.05. The zero-order chi connectivity index (χ0) is 18.5. The van der Waals surface area contributed by atoms with Crippen LogP contribution in [0.25, 0.3) is 0 Å². The van der Waals surface area contributed by atoms with Gasteiger partial charge in [0.05, 0.1) is 4.90 Å². The van der Waals surface area contributed by atoms with Crippen LogP contribution in [-0.4, -0.2) is 38.0 Å². The van der Waals surface area contributed by atoms with Crippen molar-refractivity contribution < 1.29 is 23.1 Å². The predicted octanol–water partition coefficient (Wildman–Crippen LogP) is 1.26. The van der Waals surface area contributed by atoms with Crippen molar-refractivity contribution in [2.45, 2.75) is 51.5 Å². The zero-order valence-electron chi connectivity index (χ0n) is 14.3. The summed E-state index contributed by atoms with van der Waals surface area (Å²) in [7, 11) is -3.73. The molecular weight excluding hydrogens is 332 g/mol. The van der Waals surface area contributed by atoms with Gasteiger partial charge in [-0.2, -0.15) is 0 Å². The fraction of sp³-hybridized carbons (Fsp3) is 0.500. The van der Waals surface area contributed by atoms with Gasteiger partial charge in [-0.3, -0.25) is 4.79 Å². The van der Waals surface area contributed by atoms with Crippen LogP contribution < -0.4 is 10.0 Å². The van der Waals surface area contributed by atoms with E-state index >= 15 is 0 Å². The number of carboxylic acids is 1. The van der Waals surface area contributed by atoms with Gasteiger partial charge in [-0.25, -0.2) is 17.9 Å². The number of amides is 1. The molecule has 1 rings (SSSR count). The highest BCUT2D eigenvalue weighted by Crippen LogP contribution is 2.21. The standard InChI is InChI=1S/C16H24N2O5S/c1-5-13(16(20)21)18-14(19)6-7-17-24(22,23)15-11(3)8-10(2)9-12(15)4/h8-9,13,17H,5-7H2,1-4H3,(H,18,19)(H,20,21). The number of carbonyl (C=O) groups excluding carboxylic acids is 1. The Balaban J connectivity index is 2.71. The lowest BCUT2D eigenvalue weighted by atomic mass is 10.1. The van der Waals surface area contributed by atoms with Crippen molar-refractivity contribution in [2.24, 2.45) is 0 Å². The van der Waals surface area contributed by atoms with E-state index < -0.39 is 27.9 Å². The first-order chi connectivity index (χ1) is 11.1. The van der Waals surface area contributed by atoms with Gasteiger partial charge in [0.1, 0.15) is 6.04 Å². The molecule has 0 radical (unpaired) electrons. The van der Waals surface area contributed by atoms with E-state index in [0.29, 0.717) is 11.1 Å². The Labute approximate surface area is 142 Å². The maximum Gasteiger partial charge on any atom is 0.326 e. The Morgan fingerprint density at radius 1 is 1.17 bits per heavy atom. The van der Waals surface area contributed by atoms with Crippen molar-refractivity contribution in [2.75, 3.05) is 6.54 Å². The molecule has 0 aliphatic rings. The largest absolute Gasteiger partial charge is 0.480 e. The number of rotatable bonds is 8. The van der Waals surface area contributed by atoms with Crippen LogP contribution in [0.3, 0.4) is 0 Å². The molecule has 24 heavy (non-hydrogen) atoms. The van der Waals surface area contributed by atoms with E-state index in [1.165, 1.54) is 0 Å². The molecule has 0 saturated carbocycles. The van der Waals surface area contributed by atoms with Gasteiger partial charge in [-0.15, -0.1) is 0 Å². The molecule has 0 aliphatic heterocycles. The Bertz CT molecular complexity index is 705. The van der Waals surface area contributed by atoms with Crippen LogP contribution in [0.2, 0.25) is 0 Å². The highest BCUT2D eigenvalue weighted by molar-refractivity contribution is 7.89. The van der Waals surface area contributed by atoms with Gasteiger partial charge in [0.15, 0.2) is 0 Å². The van der Waals surface area contributed by atoms with Gasteiger partial charge in [-0.1, -0.05) is 24.6 Å². The first-order valence-electron chi connectivity index (χ1n) is 7.68. The topological polar surface area (TPSA) is 113 Å². The van der Waals surface area contributed by atoms with E-state index in [-0.39, 0.29) is 24.3 Å². The molecule has 1 aromatic carbocycles. The molecule has 0 aromatic heterocycles. The highest BCUT2D eigenvalue weighted by atomic mass is 32.2. The molecule has 0 saturated heterocycles. The average molecular weight is 356 g/mol. The van der Waals surface area contributed by atoms with E-state index in [9.17, 15) is 18.0 Å². The van der Waals surface area contributed by atoms with E-state index in [1.54, 1.807) is 32.9 Å². The van der Waals surface area contributed by atoms with Gasteiger partial charge in [0.2, 0.25) is 15.9 Å². The summed E-state index contributed by atoms with van der Waals surface area (Å²) in [6, 6.07) is 2.61. The zero-order valence-corrected chi connectivity index (χ0v) is 15.2. The molecule has 1 unspecified atom stereocenters. The summed E-state index contributed by atoms with van der Waals surface area (Å²) >= 11 is 0. The number of nitrogens with one attached hydrogen (secondary N) is 2. The normalized spacial score (nSPS) is 12.7. The third-order valence-electron chi connectivity index (χ3n) is 3.56. The molecule has 0 spiro atoms. The number of sulfonamides is 1. The molecular formula is C16H24N2O5S. The molecule has 1 amide bonds. The monoisotopic (exact) mass is 356 g/mol. The molecule has 0 fully saturated rings. The summed E-state index contributed by atoms with van der Waals surface area (Å²) in [5, 5.41) is 11.2. The molecule has 3 N–H and O–H groups in total. The molecule has 0 heterocycles. The minimum Gasteiger partial charge on any atom is -0.480 e. The maximum absolute atomic E-state index is 12.4. The van der Waals surface area contributed by atoms with Gasteiger partial charge in [-0.05, 0) is 38.3 Å². The lowest BCUT2D eigenvalue weighted by Gasteiger charge is -2.14. The molecule has 134 valence electrons. The highest BCUT2D eigenvalue weighted by Gasteiger charge is 2.21. The molecule has 7 nitrogen and oxygen atoms in total. The first-order valence-corrected chi connectivity index (χ1v) is 9.16. The summed E-state index contributed by atoms with van der Waals surface area (Å²) in [5.74, 6) is -1.62. The molecule has 1 atom stereocenters. The molecule has 0 aliphatic carbocycles. The van der Waals surface area contributed by atoms with Crippen molar-refractivity contribution in [3.8, 4) is 0 Å².